The highest BCUT2D eigenvalue weighted by Crippen LogP contribution is 2.27. The van der Waals surface area contributed by atoms with Crippen molar-refractivity contribution in [3.05, 3.63) is 36.0 Å². The van der Waals surface area contributed by atoms with Crippen molar-refractivity contribution in [2.45, 2.75) is 38.8 Å². The number of benzene rings is 1. The maximum absolute atomic E-state index is 12.3. The molecule has 0 saturated carbocycles. The Hall–Kier alpha value is -2.33. The average molecular weight is 402 g/mol. The van der Waals surface area contributed by atoms with Gasteiger partial charge in [-0.1, -0.05) is 19.6 Å². The Morgan fingerprint density at radius 3 is 2.37 bits per heavy atom. The summed E-state index contributed by atoms with van der Waals surface area (Å²) in [6, 6.07) is 7.42. The van der Waals surface area contributed by atoms with Crippen LogP contribution in [0.3, 0.4) is 0 Å². The number of hydrogen-bond acceptors (Lipinski definition) is 4. The van der Waals surface area contributed by atoms with E-state index < -0.39 is 20.4 Å². The van der Waals surface area contributed by atoms with Gasteiger partial charge in [-0.25, -0.2) is 9.48 Å². The van der Waals surface area contributed by atoms with Crippen LogP contribution in [0.25, 0.3) is 11.3 Å². The molecule has 0 fully saturated rings. The van der Waals surface area contributed by atoms with Gasteiger partial charge < -0.3 is 14.6 Å². The maximum atomic E-state index is 12.3. The van der Waals surface area contributed by atoms with Crippen LogP contribution in [0.1, 0.15) is 10.5 Å². The van der Waals surface area contributed by atoms with Gasteiger partial charge in [0.05, 0.1) is 5.69 Å². The molecule has 1 heterocycles. The summed E-state index contributed by atoms with van der Waals surface area (Å²) in [6.07, 6.45) is -4.77. The standard InChI is InChI=1S/C17H21F3N2O4Si/c1-27(2,3)9-8-25-11-22-15(10-14(21-22)16(23)24)12-4-6-13(7-5-12)26-17(18,19)20/h4-7,10H,8-9,11H2,1-3H3,(H,23,24). The number of aromatic nitrogens is 2. The van der Waals surface area contributed by atoms with Crippen LogP contribution in [-0.4, -0.2) is 41.9 Å². The van der Waals surface area contributed by atoms with Gasteiger partial charge in [-0.3, -0.25) is 0 Å². The highest BCUT2D eigenvalue weighted by molar-refractivity contribution is 6.76. The molecule has 0 bridgehead atoms. The van der Waals surface area contributed by atoms with E-state index in [1.165, 1.54) is 22.9 Å². The molecule has 0 spiro atoms. The molecule has 0 atom stereocenters. The summed E-state index contributed by atoms with van der Waals surface area (Å²) >= 11 is 0. The van der Waals surface area contributed by atoms with Gasteiger partial charge >= 0.3 is 12.3 Å². The zero-order valence-electron chi connectivity index (χ0n) is 15.2. The third-order valence-corrected chi connectivity index (χ3v) is 5.30. The highest BCUT2D eigenvalue weighted by Gasteiger charge is 2.31. The largest absolute Gasteiger partial charge is 0.573 e. The first-order valence-corrected chi connectivity index (χ1v) is 11.9. The van der Waals surface area contributed by atoms with Crippen LogP contribution in [0.4, 0.5) is 13.2 Å². The van der Waals surface area contributed by atoms with Crippen molar-refractivity contribution >= 4 is 14.0 Å². The van der Waals surface area contributed by atoms with Gasteiger partial charge in [-0.2, -0.15) is 5.10 Å². The number of aromatic carboxylic acids is 1. The number of carboxylic acid groups (broad SMARTS) is 1. The normalized spacial score (nSPS) is 12.2. The first kappa shape index (κ1) is 21.0. The number of rotatable bonds is 8. The minimum Gasteiger partial charge on any atom is -0.476 e. The van der Waals surface area contributed by atoms with Crippen LogP contribution in [0, 0.1) is 0 Å². The highest BCUT2D eigenvalue weighted by atomic mass is 28.3. The maximum Gasteiger partial charge on any atom is 0.573 e. The van der Waals surface area contributed by atoms with Crippen molar-refractivity contribution in [3.8, 4) is 17.0 Å². The molecule has 0 aliphatic heterocycles. The van der Waals surface area contributed by atoms with Crippen molar-refractivity contribution < 1.29 is 32.5 Å². The molecule has 2 rings (SSSR count). The number of carbonyl (C=O) groups is 1. The van der Waals surface area contributed by atoms with Gasteiger partial charge in [0.25, 0.3) is 0 Å². The monoisotopic (exact) mass is 402 g/mol. The zero-order valence-corrected chi connectivity index (χ0v) is 16.2. The molecule has 148 valence electrons. The van der Waals surface area contributed by atoms with Crippen LogP contribution in [0.2, 0.25) is 25.7 Å². The van der Waals surface area contributed by atoms with E-state index in [0.717, 1.165) is 18.2 Å². The lowest BCUT2D eigenvalue weighted by Gasteiger charge is -2.16. The number of carboxylic acids is 1. The number of nitrogens with zero attached hydrogens (tertiary/aromatic N) is 2. The fourth-order valence-corrected chi connectivity index (χ4v) is 2.97. The van der Waals surface area contributed by atoms with Gasteiger partial charge in [-0.05, 0) is 36.4 Å². The van der Waals surface area contributed by atoms with Crippen LogP contribution in [0.15, 0.2) is 30.3 Å². The van der Waals surface area contributed by atoms with E-state index in [2.05, 4.69) is 29.5 Å². The van der Waals surface area contributed by atoms with Crippen LogP contribution >= 0.6 is 0 Å². The third-order valence-electron chi connectivity index (χ3n) is 3.59. The first-order valence-electron chi connectivity index (χ1n) is 8.20. The van der Waals surface area contributed by atoms with E-state index in [4.69, 9.17) is 9.84 Å². The molecule has 2 aromatic rings. The Morgan fingerprint density at radius 1 is 1.22 bits per heavy atom. The topological polar surface area (TPSA) is 73.6 Å². The second-order valence-corrected chi connectivity index (χ2v) is 12.8. The summed E-state index contributed by atoms with van der Waals surface area (Å²) in [7, 11) is -1.27. The summed E-state index contributed by atoms with van der Waals surface area (Å²) in [6.45, 7) is 7.21. The lowest BCUT2D eigenvalue weighted by Crippen LogP contribution is -2.22. The molecule has 1 N–H and O–H groups in total. The predicted octanol–water partition coefficient (Wildman–Crippen LogP) is 4.46. The van der Waals surface area contributed by atoms with E-state index in [-0.39, 0.29) is 18.2 Å². The summed E-state index contributed by atoms with van der Waals surface area (Å²) in [5, 5.41) is 13.2. The minimum atomic E-state index is -4.77. The average Bonchev–Trinajstić information content (AvgIpc) is 2.94. The summed E-state index contributed by atoms with van der Waals surface area (Å²) in [5.41, 5.74) is 0.756. The molecule has 0 radical (unpaired) electrons. The van der Waals surface area contributed by atoms with Gasteiger partial charge in [0.15, 0.2) is 5.69 Å². The molecule has 0 unspecified atom stereocenters. The lowest BCUT2D eigenvalue weighted by atomic mass is 10.1. The van der Waals surface area contributed by atoms with E-state index >= 15 is 0 Å². The van der Waals surface area contributed by atoms with E-state index in [1.807, 2.05) is 0 Å². The number of halogens is 3. The second-order valence-electron chi connectivity index (χ2n) is 7.14. The fraction of sp³-hybridized carbons (Fsp3) is 0.412. The number of hydrogen-bond donors (Lipinski definition) is 1. The minimum absolute atomic E-state index is 0.0495. The van der Waals surface area contributed by atoms with Crippen molar-refractivity contribution in [2.75, 3.05) is 6.61 Å². The molecule has 0 aliphatic rings. The molecule has 10 heteroatoms. The van der Waals surface area contributed by atoms with Crippen LogP contribution in [-0.2, 0) is 11.5 Å². The molecule has 1 aromatic heterocycles. The van der Waals surface area contributed by atoms with Crippen molar-refractivity contribution in [3.63, 3.8) is 0 Å². The fourth-order valence-electron chi connectivity index (χ4n) is 2.21. The number of ether oxygens (including phenoxy) is 2. The Balaban J connectivity index is 2.18. The third kappa shape index (κ3) is 6.72. The Labute approximate surface area is 155 Å². The lowest BCUT2D eigenvalue weighted by molar-refractivity contribution is -0.274. The smallest absolute Gasteiger partial charge is 0.476 e. The molecule has 27 heavy (non-hydrogen) atoms. The predicted molar refractivity (Wildman–Crippen MR) is 95.4 cm³/mol. The quantitative estimate of drug-likeness (QED) is 0.521. The SMILES string of the molecule is C[Si](C)(C)CCOCn1nc(C(=O)O)cc1-c1ccc(OC(F)(F)F)cc1. The zero-order chi connectivity index (χ0) is 20.2. The Bertz CT molecular complexity index is 783. The van der Waals surface area contributed by atoms with Gasteiger partial charge in [0, 0.05) is 20.2 Å². The molecule has 6 nitrogen and oxygen atoms in total. The summed E-state index contributed by atoms with van der Waals surface area (Å²) in [5.74, 6) is -1.56. The van der Waals surface area contributed by atoms with E-state index in [1.54, 1.807) is 0 Å². The molecular formula is C17H21F3N2O4Si. The summed E-state index contributed by atoms with van der Waals surface area (Å²) in [4.78, 5) is 11.2. The molecular weight excluding hydrogens is 381 g/mol. The number of alkyl halides is 3. The molecule has 1 aromatic carbocycles. The van der Waals surface area contributed by atoms with Crippen molar-refractivity contribution in [1.82, 2.24) is 9.78 Å². The van der Waals surface area contributed by atoms with Crippen LogP contribution in [0.5, 0.6) is 5.75 Å². The van der Waals surface area contributed by atoms with E-state index in [0.29, 0.717) is 17.9 Å². The molecule has 0 saturated heterocycles. The first-order chi connectivity index (χ1) is 12.4. The van der Waals surface area contributed by atoms with Gasteiger partial charge in [0.1, 0.15) is 12.5 Å². The Kier molecular flexibility index (Phi) is 6.32. The van der Waals surface area contributed by atoms with Crippen molar-refractivity contribution in [1.29, 1.82) is 0 Å². The van der Waals surface area contributed by atoms with Crippen LogP contribution < -0.4 is 4.74 Å². The summed E-state index contributed by atoms with van der Waals surface area (Å²) < 4.78 is 47.6. The van der Waals surface area contributed by atoms with Gasteiger partial charge in [0.2, 0.25) is 0 Å². The van der Waals surface area contributed by atoms with E-state index in [9.17, 15) is 18.0 Å². The van der Waals surface area contributed by atoms with Crippen molar-refractivity contribution in [2.24, 2.45) is 0 Å². The molecule has 0 aliphatic carbocycles. The van der Waals surface area contributed by atoms with Gasteiger partial charge in [-0.15, -0.1) is 13.2 Å². The molecule has 0 amide bonds. The Morgan fingerprint density at radius 2 is 1.85 bits per heavy atom. The second kappa shape index (κ2) is 8.13.